The summed E-state index contributed by atoms with van der Waals surface area (Å²) in [6, 6.07) is 4.07. The van der Waals surface area contributed by atoms with Gasteiger partial charge >= 0.3 is 12.0 Å². The van der Waals surface area contributed by atoms with E-state index in [1.54, 1.807) is 6.07 Å². The molecule has 20 heavy (non-hydrogen) atoms. The Morgan fingerprint density at radius 3 is 2.55 bits per heavy atom. The number of nitrogens with one attached hydrogen (secondary N) is 2. The predicted octanol–water partition coefficient (Wildman–Crippen LogP) is 1.93. The molecule has 0 bridgehead atoms. The fourth-order valence-electron chi connectivity index (χ4n) is 1.39. The Kier molecular flexibility index (Phi) is 5.03. The van der Waals surface area contributed by atoms with E-state index in [4.69, 9.17) is 10.4 Å². The maximum Gasteiger partial charge on any atom is 0.319 e. The molecule has 0 radical (unpaired) electrons. The van der Waals surface area contributed by atoms with Gasteiger partial charge in [0.1, 0.15) is 5.82 Å². The number of urea groups is 1. The summed E-state index contributed by atoms with van der Waals surface area (Å²) in [4.78, 5) is 22.4. The van der Waals surface area contributed by atoms with Gasteiger partial charge in [-0.25, -0.2) is 9.18 Å². The highest BCUT2D eigenvalue weighted by Crippen LogP contribution is 2.15. The third-order valence-electron chi connectivity index (χ3n) is 2.84. The van der Waals surface area contributed by atoms with E-state index in [0.29, 0.717) is 0 Å². The number of nitrogens with zero attached hydrogens (tertiary/aromatic N) is 1. The third kappa shape index (κ3) is 3.95. The minimum Gasteiger partial charge on any atom is -0.481 e. The quantitative estimate of drug-likeness (QED) is 0.783. The molecule has 1 aromatic rings. The number of hydrogen-bond donors (Lipinski definition) is 3. The second-order valence-corrected chi connectivity index (χ2v) is 4.32. The number of halogens is 1. The number of rotatable bonds is 4. The lowest BCUT2D eigenvalue weighted by Crippen LogP contribution is -2.42. The molecule has 2 amide bonds. The summed E-state index contributed by atoms with van der Waals surface area (Å²) >= 11 is 0. The molecule has 0 saturated carbocycles. The maximum absolute atomic E-state index is 13.5. The number of amides is 2. The van der Waals surface area contributed by atoms with Crippen LogP contribution in [0.3, 0.4) is 0 Å². The maximum atomic E-state index is 13.5. The molecule has 1 aromatic carbocycles. The van der Waals surface area contributed by atoms with Crippen LogP contribution in [0, 0.1) is 23.1 Å². The van der Waals surface area contributed by atoms with Crippen LogP contribution in [-0.4, -0.2) is 23.1 Å². The minimum atomic E-state index is -1.04. The van der Waals surface area contributed by atoms with Crippen molar-refractivity contribution in [3.05, 3.63) is 29.6 Å². The zero-order chi connectivity index (χ0) is 15.3. The first-order valence-electron chi connectivity index (χ1n) is 5.85. The normalized spacial score (nSPS) is 12.9. The SMILES string of the molecule is CC(NC(=O)Nc1ccc(C#N)cc1F)C(C)C(=O)O. The van der Waals surface area contributed by atoms with Gasteiger partial charge in [-0.2, -0.15) is 5.26 Å². The molecule has 0 spiro atoms. The van der Waals surface area contributed by atoms with Gasteiger partial charge in [-0.1, -0.05) is 0 Å². The average Bonchev–Trinajstić information content (AvgIpc) is 2.39. The van der Waals surface area contributed by atoms with Crippen LogP contribution in [0.1, 0.15) is 19.4 Å². The highest BCUT2D eigenvalue weighted by Gasteiger charge is 2.21. The number of carbonyl (C=O) groups excluding carboxylic acids is 1. The Labute approximate surface area is 115 Å². The Balaban J connectivity index is 2.68. The molecule has 6 nitrogen and oxygen atoms in total. The second kappa shape index (κ2) is 6.52. The fourth-order valence-corrected chi connectivity index (χ4v) is 1.39. The number of aliphatic carboxylic acids is 1. The highest BCUT2D eigenvalue weighted by molar-refractivity contribution is 5.90. The van der Waals surface area contributed by atoms with E-state index in [0.717, 1.165) is 6.07 Å². The molecule has 2 atom stereocenters. The van der Waals surface area contributed by atoms with Gasteiger partial charge in [-0.15, -0.1) is 0 Å². The molecule has 2 unspecified atom stereocenters. The van der Waals surface area contributed by atoms with Crippen molar-refractivity contribution in [1.29, 1.82) is 5.26 Å². The topological polar surface area (TPSA) is 102 Å². The molecule has 0 aliphatic rings. The Morgan fingerprint density at radius 2 is 2.05 bits per heavy atom. The number of carboxylic acid groups (broad SMARTS) is 1. The van der Waals surface area contributed by atoms with E-state index in [-0.39, 0.29) is 11.3 Å². The van der Waals surface area contributed by atoms with Gasteiger partial charge in [-0.05, 0) is 32.0 Å². The first-order valence-corrected chi connectivity index (χ1v) is 5.85. The van der Waals surface area contributed by atoms with E-state index >= 15 is 0 Å². The van der Waals surface area contributed by atoms with Gasteiger partial charge in [0.15, 0.2) is 0 Å². The lowest BCUT2D eigenvalue weighted by atomic mass is 10.0. The van der Waals surface area contributed by atoms with E-state index < -0.39 is 29.8 Å². The zero-order valence-electron chi connectivity index (χ0n) is 11.0. The summed E-state index contributed by atoms with van der Waals surface area (Å²) in [7, 11) is 0. The molecular weight excluding hydrogens is 265 g/mol. The number of anilines is 1. The second-order valence-electron chi connectivity index (χ2n) is 4.32. The standard InChI is InChI=1S/C13H14FN3O3/c1-7(12(18)19)8(2)16-13(20)17-11-4-3-9(6-15)5-10(11)14/h3-5,7-8H,1-2H3,(H,18,19)(H2,16,17,20). The van der Waals surface area contributed by atoms with Crippen LogP contribution in [0.15, 0.2) is 18.2 Å². The highest BCUT2D eigenvalue weighted by atomic mass is 19.1. The molecule has 7 heteroatoms. The van der Waals surface area contributed by atoms with Crippen LogP contribution in [0.4, 0.5) is 14.9 Å². The van der Waals surface area contributed by atoms with Crippen LogP contribution in [-0.2, 0) is 4.79 Å². The lowest BCUT2D eigenvalue weighted by molar-refractivity contribution is -0.141. The van der Waals surface area contributed by atoms with E-state index in [9.17, 15) is 14.0 Å². The molecule has 0 fully saturated rings. The van der Waals surface area contributed by atoms with E-state index in [1.165, 1.54) is 26.0 Å². The van der Waals surface area contributed by atoms with Gasteiger partial charge in [0, 0.05) is 6.04 Å². The van der Waals surface area contributed by atoms with Gasteiger partial charge in [0.2, 0.25) is 0 Å². The van der Waals surface area contributed by atoms with Gasteiger partial charge < -0.3 is 15.7 Å². The van der Waals surface area contributed by atoms with Gasteiger partial charge in [0.25, 0.3) is 0 Å². The minimum absolute atomic E-state index is 0.0864. The molecular formula is C13H14FN3O3. The van der Waals surface area contributed by atoms with E-state index in [2.05, 4.69) is 10.6 Å². The third-order valence-corrected chi connectivity index (χ3v) is 2.84. The summed E-state index contributed by atoms with van der Waals surface area (Å²) in [6.45, 7) is 2.99. The van der Waals surface area contributed by atoms with Crippen molar-refractivity contribution in [2.75, 3.05) is 5.32 Å². The number of nitriles is 1. The zero-order valence-corrected chi connectivity index (χ0v) is 11.0. The molecule has 0 aliphatic heterocycles. The van der Waals surface area contributed by atoms with Crippen molar-refractivity contribution in [3.8, 4) is 6.07 Å². The van der Waals surface area contributed by atoms with Crippen molar-refractivity contribution in [2.24, 2.45) is 5.92 Å². The largest absolute Gasteiger partial charge is 0.481 e. The van der Waals surface area contributed by atoms with Crippen LogP contribution < -0.4 is 10.6 Å². The Bertz CT molecular complexity index is 568. The monoisotopic (exact) mass is 279 g/mol. The smallest absolute Gasteiger partial charge is 0.319 e. The molecule has 0 saturated heterocycles. The Morgan fingerprint density at radius 1 is 1.40 bits per heavy atom. The summed E-state index contributed by atoms with van der Waals surface area (Å²) in [5, 5.41) is 22.1. The van der Waals surface area contributed by atoms with Crippen molar-refractivity contribution >= 4 is 17.7 Å². The van der Waals surface area contributed by atoms with Crippen LogP contribution >= 0.6 is 0 Å². The predicted molar refractivity (Wildman–Crippen MR) is 69.5 cm³/mol. The Hall–Kier alpha value is -2.62. The average molecular weight is 279 g/mol. The number of carbonyl (C=O) groups is 2. The molecule has 3 N–H and O–H groups in total. The molecule has 0 heterocycles. The van der Waals surface area contributed by atoms with Crippen molar-refractivity contribution in [3.63, 3.8) is 0 Å². The first-order chi connectivity index (χ1) is 9.35. The van der Waals surface area contributed by atoms with Crippen LogP contribution in [0.5, 0.6) is 0 Å². The van der Waals surface area contributed by atoms with Crippen LogP contribution in [0.2, 0.25) is 0 Å². The van der Waals surface area contributed by atoms with Crippen molar-refractivity contribution < 1.29 is 19.1 Å². The van der Waals surface area contributed by atoms with Crippen LogP contribution in [0.25, 0.3) is 0 Å². The number of hydrogen-bond acceptors (Lipinski definition) is 3. The molecule has 0 aliphatic carbocycles. The van der Waals surface area contributed by atoms with Crippen molar-refractivity contribution in [1.82, 2.24) is 5.32 Å². The molecule has 106 valence electrons. The van der Waals surface area contributed by atoms with Gasteiger partial charge in [-0.3, -0.25) is 4.79 Å². The number of carboxylic acids is 1. The van der Waals surface area contributed by atoms with E-state index in [1.807, 2.05) is 0 Å². The molecule has 0 aromatic heterocycles. The fraction of sp³-hybridized carbons (Fsp3) is 0.308. The lowest BCUT2D eigenvalue weighted by Gasteiger charge is -2.18. The van der Waals surface area contributed by atoms with Crippen molar-refractivity contribution in [2.45, 2.75) is 19.9 Å². The van der Waals surface area contributed by atoms with Gasteiger partial charge in [0.05, 0.1) is 23.2 Å². The number of benzene rings is 1. The molecule has 1 rings (SSSR count). The first kappa shape index (κ1) is 15.4. The summed E-state index contributed by atoms with van der Waals surface area (Å²) in [6.07, 6.45) is 0. The summed E-state index contributed by atoms with van der Waals surface area (Å²) in [5.41, 5.74) is 0.0537. The summed E-state index contributed by atoms with van der Waals surface area (Å²) in [5.74, 6) is -2.55. The summed E-state index contributed by atoms with van der Waals surface area (Å²) < 4.78 is 13.5.